The molecule has 7 nitrogen and oxygen atoms in total. The highest BCUT2D eigenvalue weighted by molar-refractivity contribution is 6.46. The highest BCUT2D eigenvalue weighted by atomic mass is 16.5. The van der Waals surface area contributed by atoms with Crippen LogP contribution < -0.4 is 9.64 Å². The van der Waals surface area contributed by atoms with Gasteiger partial charge in [-0.25, -0.2) is 0 Å². The van der Waals surface area contributed by atoms with Crippen LogP contribution in [0.15, 0.2) is 54.4 Å². The van der Waals surface area contributed by atoms with Crippen molar-refractivity contribution in [3.05, 3.63) is 65.5 Å². The quantitative estimate of drug-likeness (QED) is 0.365. The number of amides is 1. The Morgan fingerprint density at radius 3 is 2.42 bits per heavy atom. The van der Waals surface area contributed by atoms with E-state index in [1.165, 1.54) is 4.90 Å². The average Bonchev–Trinajstić information content (AvgIpc) is 3.03. The smallest absolute Gasteiger partial charge is 0.295 e. The lowest BCUT2D eigenvalue weighted by atomic mass is 9.96. The number of nitrogens with one attached hydrogen (secondary N) is 1. The van der Waals surface area contributed by atoms with E-state index in [0.29, 0.717) is 24.5 Å². The highest BCUT2D eigenvalue weighted by Gasteiger charge is 2.45. The van der Waals surface area contributed by atoms with Crippen LogP contribution in [0, 0.1) is 0 Å². The van der Waals surface area contributed by atoms with Gasteiger partial charge >= 0.3 is 0 Å². The molecule has 1 amide bonds. The van der Waals surface area contributed by atoms with Crippen molar-refractivity contribution >= 4 is 17.4 Å². The van der Waals surface area contributed by atoms with E-state index in [4.69, 9.17) is 4.74 Å². The lowest BCUT2D eigenvalue weighted by molar-refractivity contribution is -0.858. The largest absolute Gasteiger partial charge is 0.507 e. The summed E-state index contributed by atoms with van der Waals surface area (Å²) in [7, 11) is 4.09. The zero-order valence-corrected chi connectivity index (χ0v) is 18.3. The second-order valence-corrected chi connectivity index (χ2v) is 7.96. The summed E-state index contributed by atoms with van der Waals surface area (Å²) in [5.74, 6) is -0.735. The first kappa shape index (κ1) is 22.5. The second kappa shape index (κ2) is 10.2. The molecule has 7 heteroatoms. The number of pyridine rings is 1. The number of benzene rings is 1. The van der Waals surface area contributed by atoms with Crippen molar-refractivity contribution in [1.82, 2.24) is 9.88 Å². The first-order valence-electron chi connectivity index (χ1n) is 10.6. The van der Waals surface area contributed by atoms with E-state index in [0.717, 1.165) is 24.9 Å². The Morgan fingerprint density at radius 1 is 1.13 bits per heavy atom. The Labute approximate surface area is 183 Å². The normalized spacial score (nSPS) is 18.1. The molecule has 1 fully saturated rings. The number of carbonyl (C=O) groups excluding carboxylic acids is 2. The van der Waals surface area contributed by atoms with Gasteiger partial charge in [0.2, 0.25) is 0 Å². The van der Waals surface area contributed by atoms with Crippen LogP contribution in [-0.2, 0) is 9.59 Å². The molecule has 2 heterocycles. The summed E-state index contributed by atoms with van der Waals surface area (Å²) in [6, 6.07) is 9.81. The molecule has 1 aromatic carbocycles. The SMILES string of the molecule is CCCOc1ccc(C(O)=C2C(=O)C(=O)N(CCC[NH+](C)C)[C@H]2c2ccncc2)cc1. The molecule has 2 N–H and O–H groups in total. The standard InChI is InChI=1S/C24H29N3O4/c1-4-16-31-19-8-6-18(7-9-19)22(28)20-21(17-10-12-25-13-11-17)27(24(30)23(20)29)15-5-14-26(2)3/h6-13,21,28H,4-5,14-16H2,1-3H3/p+1/t21-/m0/s1. The van der Waals surface area contributed by atoms with Crippen molar-refractivity contribution in [2.45, 2.75) is 25.8 Å². The maximum atomic E-state index is 13.0. The summed E-state index contributed by atoms with van der Waals surface area (Å²) in [5.41, 5.74) is 1.32. The van der Waals surface area contributed by atoms with Gasteiger partial charge in [-0.2, -0.15) is 0 Å². The van der Waals surface area contributed by atoms with Crippen molar-refractivity contribution in [2.75, 3.05) is 33.8 Å². The number of Topliss-reactive ketones (excluding diaryl/α,β-unsaturated/α-hetero) is 1. The van der Waals surface area contributed by atoms with E-state index in [9.17, 15) is 14.7 Å². The van der Waals surface area contributed by atoms with E-state index in [1.807, 2.05) is 21.0 Å². The first-order chi connectivity index (χ1) is 14.9. The van der Waals surface area contributed by atoms with Gasteiger partial charge in [0.1, 0.15) is 11.5 Å². The number of hydrogen-bond acceptors (Lipinski definition) is 5. The summed E-state index contributed by atoms with van der Waals surface area (Å²) < 4.78 is 5.59. The number of likely N-dealkylation sites (tertiary alicyclic amines) is 1. The van der Waals surface area contributed by atoms with Gasteiger partial charge < -0.3 is 19.6 Å². The van der Waals surface area contributed by atoms with Crippen LogP contribution in [0.1, 0.15) is 36.9 Å². The van der Waals surface area contributed by atoms with Gasteiger partial charge in [0, 0.05) is 30.9 Å². The van der Waals surface area contributed by atoms with Crippen molar-refractivity contribution in [1.29, 1.82) is 0 Å². The van der Waals surface area contributed by atoms with Gasteiger partial charge in [-0.3, -0.25) is 14.6 Å². The first-order valence-corrected chi connectivity index (χ1v) is 10.6. The van der Waals surface area contributed by atoms with E-state index in [-0.39, 0.29) is 11.3 Å². The number of ether oxygens (including phenoxy) is 1. The number of carbonyl (C=O) groups is 2. The molecule has 0 spiro atoms. The molecule has 31 heavy (non-hydrogen) atoms. The van der Waals surface area contributed by atoms with E-state index < -0.39 is 17.7 Å². The predicted molar refractivity (Wildman–Crippen MR) is 118 cm³/mol. The van der Waals surface area contributed by atoms with Crippen LogP contribution in [0.3, 0.4) is 0 Å². The Bertz CT molecular complexity index is 939. The summed E-state index contributed by atoms with van der Waals surface area (Å²) >= 11 is 0. The van der Waals surface area contributed by atoms with Gasteiger partial charge in [0.15, 0.2) is 0 Å². The maximum absolute atomic E-state index is 13.0. The van der Waals surface area contributed by atoms with Crippen LogP contribution in [0.4, 0.5) is 0 Å². The van der Waals surface area contributed by atoms with Gasteiger partial charge in [0.25, 0.3) is 11.7 Å². The van der Waals surface area contributed by atoms with Crippen LogP contribution in [0.2, 0.25) is 0 Å². The fourth-order valence-electron chi connectivity index (χ4n) is 3.69. The molecule has 1 atom stereocenters. The van der Waals surface area contributed by atoms with E-state index in [1.54, 1.807) is 53.7 Å². The predicted octanol–water partition coefficient (Wildman–Crippen LogP) is 1.83. The zero-order valence-electron chi connectivity index (χ0n) is 18.3. The monoisotopic (exact) mass is 424 g/mol. The Hall–Kier alpha value is -3.19. The van der Waals surface area contributed by atoms with Crippen molar-refractivity contribution in [3.63, 3.8) is 0 Å². The van der Waals surface area contributed by atoms with Crippen molar-refractivity contribution in [3.8, 4) is 5.75 Å². The number of ketones is 1. The van der Waals surface area contributed by atoms with E-state index >= 15 is 0 Å². The molecule has 1 saturated heterocycles. The molecule has 0 saturated carbocycles. The molecule has 3 rings (SSSR count). The number of rotatable bonds is 9. The summed E-state index contributed by atoms with van der Waals surface area (Å²) in [4.78, 5) is 32.7. The number of aliphatic hydroxyl groups is 1. The highest BCUT2D eigenvalue weighted by Crippen LogP contribution is 2.39. The Morgan fingerprint density at radius 2 is 1.81 bits per heavy atom. The zero-order chi connectivity index (χ0) is 22.4. The number of aliphatic hydroxyl groups excluding tert-OH is 1. The van der Waals surface area contributed by atoms with Crippen LogP contribution in [0.25, 0.3) is 5.76 Å². The molecule has 1 aliphatic heterocycles. The molecule has 1 aromatic heterocycles. The molecule has 0 bridgehead atoms. The van der Waals surface area contributed by atoms with Crippen molar-refractivity contribution < 1.29 is 24.3 Å². The fourth-order valence-corrected chi connectivity index (χ4v) is 3.69. The molecular formula is C24H30N3O4+. The summed E-state index contributed by atoms with van der Waals surface area (Å²) in [5, 5.41) is 11.1. The summed E-state index contributed by atoms with van der Waals surface area (Å²) in [6.07, 6.45) is 4.89. The Balaban J connectivity index is 1.99. The second-order valence-electron chi connectivity index (χ2n) is 7.96. The molecular weight excluding hydrogens is 394 g/mol. The number of nitrogens with zero attached hydrogens (tertiary/aromatic N) is 2. The lowest BCUT2D eigenvalue weighted by Crippen LogP contribution is -3.05. The minimum absolute atomic E-state index is 0.107. The Kier molecular flexibility index (Phi) is 7.41. The minimum Gasteiger partial charge on any atom is -0.507 e. The third kappa shape index (κ3) is 5.11. The third-order valence-corrected chi connectivity index (χ3v) is 5.24. The maximum Gasteiger partial charge on any atom is 0.295 e. The van der Waals surface area contributed by atoms with Crippen LogP contribution >= 0.6 is 0 Å². The number of hydrogen-bond donors (Lipinski definition) is 2. The molecule has 0 unspecified atom stereocenters. The van der Waals surface area contributed by atoms with E-state index in [2.05, 4.69) is 4.98 Å². The number of quaternary nitrogens is 1. The third-order valence-electron chi connectivity index (χ3n) is 5.24. The molecule has 164 valence electrons. The number of aromatic nitrogens is 1. The van der Waals surface area contributed by atoms with Gasteiger partial charge in [-0.15, -0.1) is 0 Å². The molecule has 1 aliphatic rings. The molecule has 0 aliphatic carbocycles. The average molecular weight is 425 g/mol. The van der Waals surface area contributed by atoms with Gasteiger partial charge in [-0.1, -0.05) is 6.92 Å². The lowest BCUT2D eigenvalue weighted by Gasteiger charge is -2.25. The summed E-state index contributed by atoms with van der Waals surface area (Å²) in [6.45, 7) is 3.93. The topological polar surface area (TPSA) is 84.2 Å². The van der Waals surface area contributed by atoms with Crippen LogP contribution in [0.5, 0.6) is 5.75 Å². The molecule has 0 radical (unpaired) electrons. The fraction of sp³-hybridized carbons (Fsp3) is 0.375. The van der Waals surface area contributed by atoms with Crippen molar-refractivity contribution in [2.24, 2.45) is 0 Å². The molecule has 2 aromatic rings. The van der Waals surface area contributed by atoms with Gasteiger partial charge in [0.05, 0.1) is 38.9 Å². The van der Waals surface area contributed by atoms with Crippen LogP contribution in [-0.4, -0.2) is 60.5 Å². The minimum atomic E-state index is -0.664. The van der Waals surface area contributed by atoms with Gasteiger partial charge in [-0.05, 0) is 48.4 Å².